The molecular weight excluding hydrogens is 352 g/mol. The molecule has 0 aliphatic carbocycles. The number of halogens is 1. The van der Waals surface area contributed by atoms with E-state index in [1.807, 2.05) is 24.3 Å². The van der Waals surface area contributed by atoms with Crippen LogP contribution in [0.5, 0.6) is 0 Å². The van der Waals surface area contributed by atoms with Gasteiger partial charge in [-0.05, 0) is 24.6 Å². The van der Waals surface area contributed by atoms with Crippen molar-refractivity contribution in [2.45, 2.75) is 21.5 Å². The predicted molar refractivity (Wildman–Crippen MR) is 89.1 cm³/mol. The third-order valence-corrected chi connectivity index (χ3v) is 6.15. The number of nitro benzene ring substituents is 1. The standard InChI is InChI=1S/C15H13BrN2O2S/c1-15(16)10-6-2-3-7-11(10)17-14(15)21-13-9-5-4-8-12(13)18(19)20/h2-9,14,17H,1H3. The Morgan fingerprint density at radius 1 is 1.24 bits per heavy atom. The second-order valence-electron chi connectivity index (χ2n) is 4.99. The average molecular weight is 365 g/mol. The molecule has 1 aliphatic heterocycles. The van der Waals surface area contributed by atoms with Gasteiger partial charge in [0.1, 0.15) is 0 Å². The summed E-state index contributed by atoms with van der Waals surface area (Å²) >= 11 is 5.24. The van der Waals surface area contributed by atoms with Crippen LogP contribution in [0.15, 0.2) is 53.4 Å². The van der Waals surface area contributed by atoms with E-state index in [1.54, 1.807) is 12.1 Å². The first-order valence-electron chi connectivity index (χ1n) is 6.45. The van der Waals surface area contributed by atoms with Gasteiger partial charge in [0.15, 0.2) is 0 Å². The molecular formula is C15H13BrN2O2S. The van der Waals surface area contributed by atoms with Gasteiger partial charge in [-0.2, -0.15) is 0 Å². The maximum absolute atomic E-state index is 11.1. The summed E-state index contributed by atoms with van der Waals surface area (Å²) in [6, 6.07) is 14.9. The van der Waals surface area contributed by atoms with Crippen molar-refractivity contribution < 1.29 is 4.92 Å². The highest BCUT2D eigenvalue weighted by molar-refractivity contribution is 9.09. The van der Waals surface area contributed by atoms with Crippen molar-refractivity contribution in [2.75, 3.05) is 5.32 Å². The summed E-state index contributed by atoms with van der Waals surface area (Å²) in [4.78, 5) is 11.5. The number of hydrogen-bond donors (Lipinski definition) is 1. The fourth-order valence-corrected chi connectivity index (χ4v) is 4.38. The van der Waals surface area contributed by atoms with Crippen LogP contribution in [0, 0.1) is 10.1 Å². The van der Waals surface area contributed by atoms with Crippen LogP contribution in [-0.2, 0) is 4.32 Å². The summed E-state index contributed by atoms with van der Waals surface area (Å²) < 4.78 is -0.280. The molecule has 108 valence electrons. The molecule has 0 radical (unpaired) electrons. The summed E-state index contributed by atoms with van der Waals surface area (Å²) in [7, 11) is 0. The average Bonchev–Trinajstić information content (AvgIpc) is 2.71. The van der Waals surface area contributed by atoms with Crippen molar-refractivity contribution in [3.63, 3.8) is 0 Å². The van der Waals surface area contributed by atoms with Crippen LogP contribution in [0.25, 0.3) is 0 Å². The Kier molecular flexibility index (Phi) is 3.67. The smallest absolute Gasteiger partial charge is 0.282 e. The zero-order valence-corrected chi connectivity index (χ0v) is 13.6. The van der Waals surface area contributed by atoms with Crippen molar-refractivity contribution in [3.05, 3.63) is 64.2 Å². The van der Waals surface area contributed by atoms with Gasteiger partial charge < -0.3 is 5.32 Å². The SMILES string of the molecule is CC1(Br)c2ccccc2NC1Sc1ccccc1[N+](=O)[O-]. The van der Waals surface area contributed by atoms with E-state index in [2.05, 4.69) is 34.2 Å². The van der Waals surface area contributed by atoms with E-state index in [0.29, 0.717) is 4.90 Å². The molecule has 0 amide bonds. The number of nitrogens with one attached hydrogen (secondary N) is 1. The molecule has 2 aromatic carbocycles. The molecule has 0 saturated heterocycles. The quantitative estimate of drug-likeness (QED) is 0.485. The Hall–Kier alpha value is -1.53. The van der Waals surface area contributed by atoms with E-state index < -0.39 is 0 Å². The van der Waals surface area contributed by atoms with Crippen LogP contribution in [-0.4, -0.2) is 10.3 Å². The van der Waals surface area contributed by atoms with Crippen molar-refractivity contribution in [3.8, 4) is 0 Å². The minimum Gasteiger partial charge on any atom is -0.371 e. The first-order valence-corrected chi connectivity index (χ1v) is 8.12. The molecule has 4 nitrogen and oxygen atoms in total. The van der Waals surface area contributed by atoms with Crippen LogP contribution in [0.4, 0.5) is 11.4 Å². The molecule has 3 rings (SSSR count). The van der Waals surface area contributed by atoms with Crippen LogP contribution in [0.3, 0.4) is 0 Å². The van der Waals surface area contributed by atoms with E-state index in [1.165, 1.54) is 23.4 Å². The molecule has 0 fully saturated rings. The molecule has 21 heavy (non-hydrogen) atoms. The van der Waals surface area contributed by atoms with Crippen LogP contribution < -0.4 is 5.32 Å². The van der Waals surface area contributed by atoms with Crippen molar-refractivity contribution >= 4 is 39.1 Å². The van der Waals surface area contributed by atoms with Gasteiger partial charge in [0.2, 0.25) is 0 Å². The second kappa shape index (κ2) is 5.35. The number of thioether (sulfide) groups is 1. The van der Waals surface area contributed by atoms with Gasteiger partial charge >= 0.3 is 0 Å². The number of benzene rings is 2. The molecule has 1 aliphatic rings. The number of fused-ring (bicyclic) bond motifs is 1. The van der Waals surface area contributed by atoms with Crippen molar-refractivity contribution in [2.24, 2.45) is 0 Å². The first kappa shape index (κ1) is 14.4. The summed E-state index contributed by atoms with van der Waals surface area (Å²) in [6.45, 7) is 2.08. The summed E-state index contributed by atoms with van der Waals surface area (Å²) in [5.74, 6) is 0. The van der Waals surface area contributed by atoms with Gasteiger partial charge in [0, 0.05) is 11.8 Å². The van der Waals surface area contributed by atoms with E-state index in [0.717, 1.165) is 5.69 Å². The number of rotatable bonds is 3. The fourth-order valence-electron chi connectivity index (χ4n) is 2.43. The molecule has 0 bridgehead atoms. The van der Waals surface area contributed by atoms with E-state index in [4.69, 9.17) is 0 Å². The Balaban J connectivity index is 1.93. The minimum absolute atomic E-state index is 0.0176. The number of hydrogen-bond acceptors (Lipinski definition) is 4. The van der Waals surface area contributed by atoms with Crippen LogP contribution in [0.2, 0.25) is 0 Å². The van der Waals surface area contributed by atoms with E-state index in [-0.39, 0.29) is 20.3 Å². The van der Waals surface area contributed by atoms with Gasteiger partial charge in [-0.1, -0.05) is 58.0 Å². The topological polar surface area (TPSA) is 55.2 Å². The molecule has 1 heterocycles. The Morgan fingerprint density at radius 2 is 1.90 bits per heavy atom. The molecule has 0 spiro atoms. The second-order valence-corrected chi connectivity index (χ2v) is 7.78. The van der Waals surface area contributed by atoms with E-state index >= 15 is 0 Å². The van der Waals surface area contributed by atoms with Gasteiger partial charge in [-0.3, -0.25) is 10.1 Å². The summed E-state index contributed by atoms with van der Waals surface area (Å²) in [6.07, 6.45) is 0. The Morgan fingerprint density at radius 3 is 2.62 bits per heavy atom. The molecule has 6 heteroatoms. The zero-order valence-electron chi connectivity index (χ0n) is 11.2. The predicted octanol–water partition coefficient (Wildman–Crippen LogP) is 4.75. The number of anilines is 1. The molecule has 2 atom stereocenters. The zero-order chi connectivity index (χ0) is 15.0. The Bertz CT molecular complexity index is 706. The maximum atomic E-state index is 11.1. The highest BCUT2D eigenvalue weighted by Gasteiger charge is 2.42. The molecule has 2 aromatic rings. The third-order valence-electron chi connectivity index (χ3n) is 3.54. The van der Waals surface area contributed by atoms with Gasteiger partial charge in [-0.25, -0.2) is 0 Å². The monoisotopic (exact) mass is 364 g/mol. The largest absolute Gasteiger partial charge is 0.371 e. The van der Waals surface area contributed by atoms with Crippen molar-refractivity contribution in [1.29, 1.82) is 0 Å². The highest BCUT2D eigenvalue weighted by Crippen LogP contribution is 2.51. The number of para-hydroxylation sites is 2. The number of nitrogens with zero attached hydrogens (tertiary/aromatic N) is 1. The van der Waals surface area contributed by atoms with Gasteiger partial charge in [-0.15, -0.1) is 0 Å². The van der Waals surface area contributed by atoms with E-state index in [9.17, 15) is 10.1 Å². The highest BCUT2D eigenvalue weighted by atomic mass is 79.9. The fraction of sp³-hybridized carbons (Fsp3) is 0.200. The Labute approximate surface area is 135 Å². The maximum Gasteiger partial charge on any atom is 0.282 e. The molecule has 1 N–H and O–H groups in total. The van der Waals surface area contributed by atoms with Crippen LogP contribution >= 0.6 is 27.7 Å². The first-order chi connectivity index (χ1) is 10.00. The minimum atomic E-state index is -0.337. The lowest BCUT2D eigenvalue weighted by Crippen LogP contribution is -2.27. The molecule has 0 aromatic heterocycles. The van der Waals surface area contributed by atoms with Gasteiger partial charge in [0.05, 0.1) is 19.5 Å². The third kappa shape index (κ3) is 2.53. The number of alkyl halides is 1. The lowest BCUT2D eigenvalue weighted by atomic mass is 10.0. The molecule has 2 unspecified atom stereocenters. The van der Waals surface area contributed by atoms with Gasteiger partial charge in [0.25, 0.3) is 5.69 Å². The normalized spacial score (nSPS) is 23.4. The van der Waals surface area contributed by atoms with Crippen molar-refractivity contribution in [1.82, 2.24) is 0 Å². The molecule has 0 saturated carbocycles. The lowest BCUT2D eigenvalue weighted by Gasteiger charge is -2.25. The van der Waals surface area contributed by atoms with Crippen LogP contribution in [0.1, 0.15) is 12.5 Å². The summed E-state index contributed by atoms with van der Waals surface area (Å²) in [5.41, 5.74) is 2.37. The lowest BCUT2D eigenvalue weighted by molar-refractivity contribution is -0.387. The number of nitro groups is 1. The summed E-state index contributed by atoms with van der Waals surface area (Å²) in [5, 5.41) is 14.6.